The van der Waals surface area contributed by atoms with Gasteiger partial charge in [0.15, 0.2) is 0 Å². The number of amides is 2. The van der Waals surface area contributed by atoms with Crippen LogP contribution in [0, 0.1) is 0 Å². The summed E-state index contributed by atoms with van der Waals surface area (Å²) < 4.78 is 40.0. The molecule has 0 unspecified atom stereocenters. The maximum Gasteiger partial charge on any atom is 0.573 e. The quantitative estimate of drug-likeness (QED) is 0.933. The molecule has 5 nitrogen and oxygen atoms in total. The van der Waals surface area contributed by atoms with Crippen LogP contribution in [0.3, 0.4) is 0 Å². The summed E-state index contributed by atoms with van der Waals surface area (Å²) >= 11 is 0. The summed E-state index contributed by atoms with van der Waals surface area (Å²) in [4.78, 5) is 17.3. The molecular formula is C15H14F3N3O2. The molecular weight excluding hydrogens is 311 g/mol. The first-order valence-electron chi connectivity index (χ1n) is 6.60. The van der Waals surface area contributed by atoms with Gasteiger partial charge in [-0.15, -0.1) is 13.2 Å². The zero-order valence-corrected chi connectivity index (χ0v) is 12.2. The molecule has 0 fully saturated rings. The lowest BCUT2D eigenvalue weighted by atomic mass is 10.2. The molecule has 2 aromatic rings. The fourth-order valence-corrected chi connectivity index (χ4v) is 1.80. The van der Waals surface area contributed by atoms with Gasteiger partial charge in [-0.3, -0.25) is 4.98 Å². The lowest BCUT2D eigenvalue weighted by Gasteiger charge is -2.18. The van der Waals surface area contributed by atoms with E-state index in [0.717, 1.165) is 0 Å². The van der Waals surface area contributed by atoms with E-state index in [-0.39, 0.29) is 18.3 Å². The molecule has 1 N–H and O–H groups in total. The van der Waals surface area contributed by atoms with Crippen LogP contribution in [0.15, 0.2) is 48.8 Å². The first kappa shape index (κ1) is 16.6. The van der Waals surface area contributed by atoms with Crippen molar-refractivity contribution < 1.29 is 22.7 Å². The maximum atomic E-state index is 12.1. The van der Waals surface area contributed by atoms with E-state index in [0.29, 0.717) is 11.3 Å². The molecule has 0 saturated heterocycles. The van der Waals surface area contributed by atoms with Crippen molar-refractivity contribution in [2.75, 3.05) is 12.4 Å². The topological polar surface area (TPSA) is 54.5 Å². The Hall–Kier alpha value is -2.77. The van der Waals surface area contributed by atoms with Gasteiger partial charge in [0, 0.05) is 19.8 Å². The van der Waals surface area contributed by atoms with Crippen molar-refractivity contribution in [1.29, 1.82) is 0 Å². The number of alkyl halides is 3. The summed E-state index contributed by atoms with van der Waals surface area (Å²) in [6.45, 7) is 0.235. The molecule has 0 aliphatic carbocycles. The van der Waals surface area contributed by atoms with E-state index in [1.165, 1.54) is 35.4 Å². The fourth-order valence-electron chi connectivity index (χ4n) is 1.80. The van der Waals surface area contributed by atoms with Crippen LogP contribution in [0.2, 0.25) is 0 Å². The number of benzene rings is 1. The highest BCUT2D eigenvalue weighted by molar-refractivity contribution is 5.88. The highest BCUT2D eigenvalue weighted by atomic mass is 19.4. The van der Waals surface area contributed by atoms with Crippen LogP contribution in [0.5, 0.6) is 5.75 Å². The molecule has 23 heavy (non-hydrogen) atoms. The Kier molecular flexibility index (Phi) is 5.05. The van der Waals surface area contributed by atoms with E-state index in [1.54, 1.807) is 25.4 Å². The van der Waals surface area contributed by atoms with Gasteiger partial charge >= 0.3 is 12.4 Å². The smallest absolute Gasteiger partial charge is 0.406 e. The van der Waals surface area contributed by atoms with Crippen molar-refractivity contribution in [2.24, 2.45) is 0 Å². The number of nitrogens with one attached hydrogen (secondary N) is 1. The number of carbonyl (C=O) groups is 1. The molecule has 1 heterocycles. The number of halogens is 3. The van der Waals surface area contributed by atoms with Crippen molar-refractivity contribution in [3.63, 3.8) is 0 Å². The normalized spacial score (nSPS) is 11.0. The number of carbonyl (C=O) groups excluding carboxylic acids is 1. The van der Waals surface area contributed by atoms with Crippen LogP contribution < -0.4 is 10.1 Å². The van der Waals surface area contributed by atoms with Crippen LogP contribution in [-0.4, -0.2) is 29.3 Å². The van der Waals surface area contributed by atoms with Gasteiger partial charge in [-0.05, 0) is 29.8 Å². The van der Waals surface area contributed by atoms with Crippen molar-refractivity contribution in [3.8, 4) is 5.75 Å². The minimum Gasteiger partial charge on any atom is -0.406 e. The van der Waals surface area contributed by atoms with Crippen LogP contribution in [0.25, 0.3) is 0 Å². The molecule has 0 aliphatic rings. The van der Waals surface area contributed by atoms with Crippen LogP contribution in [0.1, 0.15) is 5.56 Å². The monoisotopic (exact) mass is 325 g/mol. The summed E-state index contributed by atoms with van der Waals surface area (Å²) in [5, 5.41) is 2.66. The second kappa shape index (κ2) is 6.99. The number of urea groups is 1. The third-order valence-electron chi connectivity index (χ3n) is 2.84. The number of hydrogen-bond donors (Lipinski definition) is 1. The summed E-state index contributed by atoms with van der Waals surface area (Å²) in [7, 11) is 1.58. The highest BCUT2D eigenvalue weighted by Gasteiger charge is 2.30. The van der Waals surface area contributed by atoms with Gasteiger partial charge in [-0.1, -0.05) is 12.1 Å². The molecule has 0 spiro atoms. The van der Waals surface area contributed by atoms with Crippen LogP contribution in [0.4, 0.5) is 23.7 Å². The second-order valence-corrected chi connectivity index (χ2v) is 4.72. The van der Waals surface area contributed by atoms with E-state index >= 15 is 0 Å². The molecule has 0 bridgehead atoms. The number of anilines is 1. The van der Waals surface area contributed by atoms with Crippen LogP contribution >= 0.6 is 0 Å². The largest absolute Gasteiger partial charge is 0.573 e. The summed E-state index contributed by atoms with van der Waals surface area (Å²) in [5.74, 6) is -0.302. The van der Waals surface area contributed by atoms with Crippen molar-refractivity contribution in [1.82, 2.24) is 9.88 Å². The maximum absolute atomic E-state index is 12.1. The van der Waals surface area contributed by atoms with Gasteiger partial charge in [0.25, 0.3) is 0 Å². The molecule has 1 aromatic heterocycles. The Bertz CT molecular complexity index is 645. The summed E-state index contributed by atoms with van der Waals surface area (Å²) in [5.41, 5.74) is 1.22. The van der Waals surface area contributed by atoms with E-state index in [2.05, 4.69) is 15.0 Å². The molecule has 2 rings (SSSR count). The lowest BCUT2D eigenvalue weighted by Crippen LogP contribution is -2.30. The van der Waals surface area contributed by atoms with Gasteiger partial charge in [0.2, 0.25) is 0 Å². The minimum absolute atomic E-state index is 0.235. The third-order valence-corrected chi connectivity index (χ3v) is 2.84. The average molecular weight is 325 g/mol. The van der Waals surface area contributed by atoms with Gasteiger partial charge in [0.05, 0.1) is 11.9 Å². The molecule has 0 saturated carbocycles. The predicted molar refractivity (Wildman–Crippen MR) is 77.8 cm³/mol. The zero-order chi connectivity index (χ0) is 16.9. The number of ether oxygens (including phenoxy) is 1. The summed E-state index contributed by atoms with van der Waals surface area (Å²) in [6, 6.07) is 8.38. The number of aromatic nitrogens is 1. The first-order chi connectivity index (χ1) is 10.8. The first-order valence-corrected chi connectivity index (χ1v) is 6.60. The third kappa shape index (κ3) is 5.50. The molecule has 8 heteroatoms. The Morgan fingerprint density at radius 3 is 2.52 bits per heavy atom. The Morgan fingerprint density at radius 2 is 1.96 bits per heavy atom. The van der Waals surface area contributed by atoms with Crippen molar-refractivity contribution in [2.45, 2.75) is 12.9 Å². The molecule has 122 valence electrons. The van der Waals surface area contributed by atoms with E-state index < -0.39 is 6.36 Å². The Morgan fingerprint density at radius 1 is 1.26 bits per heavy atom. The average Bonchev–Trinajstić information content (AvgIpc) is 2.48. The summed E-state index contributed by atoms with van der Waals surface area (Å²) in [6.07, 6.45) is -1.62. The van der Waals surface area contributed by atoms with E-state index in [9.17, 15) is 18.0 Å². The van der Waals surface area contributed by atoms with Crippen molar-refractivity contribution >= 4 is 11.7 Å². The number of pyridine rings is 1. The van der Waals surface area contributed by atoms with Crippen molar-refractivity contribution in [3.05, 3.63) is 54.4 Å². The molecule has 1 aromatic carbocycles. The zero-order valence-electron chi connectivity index (χ0n) is 12.2. The van der Waals surface area contributed by atoms with Gasteiger partial charge in [-0.2, -0.15) is 0 Å². The molecule has 2 amide bonds. The number of hydrogen-bond acceptors (Lipinski definition) is 3. The van der Waals surface area contributed by atoms with E-state index in [4.69, 9.17) is 0 Å². The number of nitrogens with zero attached hydrogens (tertiary/aromatic N) is 2. The van der Waals surface area contributed by atoms with Gasteiger partial charge in [0.1, 0.15) is 5.75 Å². The lowest BCUT2D eigenvalue weighted by molar-refractivity contribution is -0.274. The standard InChI is InChI=1S/C15H14F3N3O2/c1-21(14(22)20-12-3-2-8-19-9-12)10-11-4-6-13(7-5-11)23-15(16,17)18/h2-9H,10H2,1H3,(H,20,22). The SMILES string of the molecule is CN(Cc1ccc(OC(F)(F)F)cc1)C(=O)Nc1cccnc1. The minimum atomic E-state index is -4.72. The Balaban J connectivity index is 1.92. The molecule has 0 radical (unpaired) electrons. The van der Waals surface area contributed by atoms with Gasteiger partial charge < -0.3 is 15.0 Å². The van der Waals surface area contributed by atoms with Crippen LogP contribution in [-0.2, 0) is 6.54 Å². The van der Waals surface area contributed by atoms with E-state index in [1.807, 2.05) is 0 Å². The second-order valence-electron chi connectivity index (χ2n) is 4.72. The predicted octanol–water partition coefficient (Wildman–Crippen LogP) is 3.64. The number of rotatable bonds is 4. The highest BCUT2D eigenvalue weighted by Crippen LogP contribution is 2.23. The molecule has 0 atom stereocenters. The van der Waals surface area contributed by atoms with Gasteiger partial charge in [-0.25, -0.2) is 4.79 Å². The molecule has 0 aliphatic heterocycles. The fraction of sp³-hybridized carbons (Fsp3) is 0.200. The Labute approximate surface area is 130 Å².